The minimum atomic E-state index is -0.313. The number of esters is 1. The lowest BCUT2D eigenvalue weighted by Gasteiger charge is -2.16. The van der Waals surface area contributed by atoms with E-state index in [2.05, 4.69) is 52.7 Å². The number of thiazole rings is 1. The van der Waals surface area contributed by atoms with Crippen molar-refractivity contribution in [3.05, 3.63) is 50.5 Å². The maximum absolute atomic E-state index is 12.0. The van der Waals surface area contributed by atoms with Gasteiger partial charge >= 0.3 is 5.97 Å². The van der Waals surface area contributed by atoms with E-state index in [0.717, 1.165) is 18.0 Å². The Bertz CT molecular complexity index is 831. The molecular formula is C21H31IN4O2S. The molecule has 29 heavy (non-hydrogen) atoms. The lowest BCUT2D eigenvalue weighted by Crippen LogP contribution is -2.39. The van der Waals surface area contributed by atoms with E-state index in [0.29, 0.717) is 23.1 Å². The van der Waals surface area contributed by atoms with Crippen molar-refractivity contribution >= 4 is 47.2 Å². The average molecular weight is 530 g/mol. The third-order valence-electron chi connectivity index (χ3n) is 4.21. The monoisotopic (exact) mass is 530 g/mol. The molecule has 8 heteroatoms. The Balaban J connectivity index is 0.00000420. The number of nitrogens with zero attached hydrogens (tertiary/aromatic N) is 2. The third kappa shape index (κ3) is 7.58. The van der Waals surface area contributed by atoms with Crippen molar-refractivity contribution in [2.75, 3.05) is 20.2 Å². The molecule has 2 N–H and O–H groups in total. The summed E-state index contributed by atoms with van der Waals surface area (Å²) in [6, 6.07) is 6.53. The minimum absolute atomic E-state index is 0. The number of benzene rings is 1. The second-order valence-corrected chi connectivity index (χ2v) is 7.83. The molecule has 0 spiro atoms. The highest BCUT2D eigenvalue weighted by Gasteiger charge is 2.20. The van der Waals surface area contributed by atoms with E-state index >= 15 is 0 Å². The van der Waals surface area contributed by atoms with Gasteiger partial charge in [-0.15, -0.1) is 35.3 Å². The quantitative estimate of drug-likeness (QED) is 0.241. The molecule has 0 bridgehead atoms. The number of carbonyl (C=O) groups excluding carboxylic acids is 1. The van der Waals surface area contributed by atoms with Crippen molar-refractivity contribution in [2.45, 2.75) is 47.1 Å². The molecule has 0 amide bonds. The fraction of sp³-hybridized carbons (Fsp3) is 0.476. The zero-order valence-corrected chi connectivity index (χ0v) is 21.1. The van der Waals surface area contributed by atoms with Crippen LogP contribution in [-0.4, -0.2) is 37.1 Å². The first kappa shape index (κ1) is 25.4. The van der Waals surface area contributed by atoms with Crippen LogP contribution in [0, 0.1) is 20.8 Å². The van der Waals surface area contributed by atoms with Crippen LogP contribution in [0.5, 0.6) is 0 Å². The molecular weight excluding hydrogens is 499 g/mol. The predicted octanol–water partition coefficient (Wildman–Crippen LogP) is 4.33. The van der Waals surface area contributed by atoms with Crippen molar-refractivity contribution in [1.82, 2.24) is 15.6 Å². The van der Waals surface area contributed by atoms with Crippen LogP contribution < -0.4 is 10.6 Å². The van der Waals surface area contributed by atoms with Crippen LogP contribution >= 0.6 is 35.3 Å². The predicted molar refractivity (Wildman–Crippen MR) is 131 cm³/mol. The molecule has 1 heterocycles. The van der Waals surface area contributed by atoms with Gasteiger partial charge in [0.05, 0.1) is 18.3 Å². The molecule has 0 aliphatic rings. The first-order valence-corrected chi connectivity index (χ1v) is 10.3. The van der Waals surface area contributed by atoms with Gasteiger partial charge in [0.15, 0.2) is 5.96 Å². The summed E-state index contributed by atoms with van der Waals surface area (Å²) in [7, 11) is 1.75. The summed E-state index contributed by atoms with van der Waals surface area (Å²) in [6.45, 7) is 11.0. The Kier molecular flexibility index (Phi) is 10.6. The number of hydrogen-bond donors (Lipinski definition) is 2. The second-order valence-electron chi connectivity index (χ2n) is 6.80. The molecule has 0 fully saturated rings. The van der Waals surface area contributed by atoms with Crippen molar-refractivity contribution in [3.8, 4) is 0 Å². The van der Waals surface area contributed by atoms with Crippen LogP contribution in [-0.2, 0) is 11.2 Å². The Hall–Kier alpha value is -1.68. The Labute approximate surface area is 194 Å². The largest absolute Gasteiger partial charge is 0.462 e. The number of nitrogens with one attached hydrogen (secondary N) is 2. The molecule has 0 saturated heterocycles. The Morgan fingerprint density at radius 1 is 1.24 bits per heavy atom. The zero-order valence-electron chi connectivity index (χ0n) is 18.0. The summed E-state index contributed by atoms with van der Waals surface area (Å²) >= 11 is 1.36. The van der Waals surface area contributed by atoms with Gasteiger partial charge in [0.25, 0.3) is 0 Å². The molecule has 1 aromatic carbocycles. The first-order valence-electron chi connectivity index (χ1n) is 9.52. The van der Waals surface area contributed by atoms with Crippen LogP contribution in [0.1, 0.15) is 57.0 Å². The van der Waals surface area contributed by atoms with E-state index in [1.54, 1.807) is 14.0 Å². The lowest BCUT2D eigenvalue weighted by atomic mass is 10.1. The minimum Gasteiger partial charge on any atom is -0.462 e. The molecule has 0 aliphatic carbocycles. The molecule has 1 atom stereocenters. The van der Waals surface area contributed by atoms with Crippen LogP contribution in [0.4, 0.5) is 0 Å². The van der Waals surface area contributed by atoms with Crippen LogP contribution in [0.2, 0.25) is 0 Å². The fourth-order valence-corrected chi connectivity index (χ4v) is 3.95. The summed E-state index contributed by atoms with van der Waals surface area (Å²) in [5.41, 5.74) is 4.57. The molecule has 2 rings (SSSR count). The number of carbonyl (C=O) groups is 1. The van der Waals surface area contributed by atoms with Crippen molar-refractivity contribution < 1.29 is 9.53 Å². The average Bonchev–Trinajstić information content (AvgIpc) is 3.02. The maximum Gasteiger partial charge on any atom is 0.350 e. The third-order valence-corrected chi connectivity index (χ3v) is 5.53. The number of hydrogen-bond acceptors (Lipinski definition) is 5. The smallest absolute Gasteiger partial charge is 0.350 e. The van der Waals surface area contributed by atoms with E-state index in [-0.39, 0.29) is 36.0 Å². The van der Waals surface area contributed by atoms with Gasteiger partial charge in [0.2, 0.25) is 0 Å². The highest BCUT2D eigenvalue weighted by atomic mass is 127. The van der Waals surface area contributed by atoms with Crippen LogP contribution in [0.3, 0.4) is 0 Å². The fourth-order valence-electron chi connectivity index (χ4n) is 2.99. The number of ether oxygens (including phenoxy) is 1. The normalized spacial score (nSPS) is 12.1. The van der Waals surface area contributed by atoms with E-state index < -0.39 is 0 Å². The zero-order chi connectivity index (χ0) is 20.7. The molecule has 0 radical (unpaired) electrons. The van der Waals surface area contributed by atoms with Gasteiger partial charge < -0.3 is 15.4 Å². The van der Waals surface area contributed by atoms with Gasteiger partial charge in [-0.2, -0.15) is 0 Å². The van der Waals surface area contributed by atoms with Gasteiger partial charge in [0, 0.05) is 13.6 Å². The Morgan fingerprint density at radius 2 is 1.90 bits per heavy atom. The highest BCUT2D eigenvalue weighted by Crippen LogP contribution is 2.24. The topological polar surface area (TPSA) is 75.6 Å². The molecule has 0 aliphatic heterocycles. The summed E-state index contributed by atoms with van der Waals surface area (Å²) in [6.07, 6.45) is 0.918. The van der Waals surface area contributed by atoms with E-state index in [4.69, 9.17) is 4.74 Å². The van der Waals surface area contributed by atoms with Crippen LogP contribution in [0.25, 0.3) is 0 Å². The number of guanidine groups is 1. The number of aliphatic imine (C=N–C) groups is 1. The molecule has 6 nitrogen and oxygen atoms in total. The van der Waals surface area contributed by atoms with Gasteiger partial charge in [-0.05, 0) is 46.6 Å². The number of aryl methyl sites for hydroxylation is 3. The number of aromatic nitrogens is 1. The highest BCUT2D eigenvalue weighted by molar-refractivity contribution is 14.0. The van der Waals surface area contributed by atoms with E-state index in [1.165, 1.54) is 28.0 Å². The second kappa shape index (κ2) is 12.1. The van der Waals surface area contributed by atoms with Gasteiger partial charge in [-0.3, -0.25) is 4.99 Å². The van der Waals surface area contributed by atoms with Crippen molar-refractivity contribution in [2.24, 2.45) is 4.99 Å². The SMILES string of the molecule is CCOC(=O)c1sc(C(C)NC(=NC)NCCc2cc(C)cc(C)c2)nc1C.I. The van der Waals surface area contributed by atoms with E-state index in [1.807, 2.05) is 13.8 Å². The summed E-state index contributed by atoms with van der Waals surface area (Å²) in [5.74, 6) is 0.398. The number of halogens is 1. The van der Waals surface area contributed by atoms with E-state index in [9.17, 15) is 4.79 Å². The molecule has 1 unspecified atom stereocenters. The summed E-state index contributed by atoms with van der Waals surface area (Å²) in [5, 5.41) is 7.52. The maximum atomic E-state index is 12.0. The van der Waals surface area contributed by atoms with Crippen molar-refractivity contribution in [1.29, 1.82) is 0 Å². The van der Waals surface area contributed by atoms with Gasteiger partial charge in [-0.1, -0.05) is 29.3 Å². The summed E-state index contributed by atoms with van der Waals surface area (Å²) < 4.78 is 5.09. The summed E-state index contributed by atoms with van der Waals surface area (Å²) in [4.78, 5) is 21.4. The van der Waals surface area contributed by atoms with Crippen molar-refractivity contribution in [3.63, 3.8) is 0 Å². The molecule has 0 saturated carbocycles. The lowest BCUT2D eigenvalue weighted by molar-refractivity contribution is 0.0531. The molecule has 160 valence electrons. The molecule has 1 aromatic heterocycles. The van der Waals surface area contributed by atoms with Gasteiger partial charge in [-0.25, -0.2) is 9.78 Å². The standard InChI is InChI=1S/C21H30N4O2S.HI/c1-7-27-20(26)18-15(4)24-19(28-18)16(5)25-21(22-6)23-9-8-17-11-13(2)10-14(3)12-17;/h10-12,16H,7-9H2,1-6H3,(H2,22,23,25);1H. The molecule has 2 aromatic rings. The Morgan fingerprint density at radius 3 is 2.48 bits per heavy atom. The van der Waals surface area contributed by atoms with Crippen LogP contribution in [0.15, 0.2) is 23.2 Å². The first-order chi connectivity index (χ1) is 13.3. The number of rotatable bonds is 7. The van der Waals surface area contributed by atoms with Gasteiger partial charge in [0.1, 0.15) is 9.88 Å².